The second-order valence-corrected chi connectivity index (χ2v) is 6.84. The fourth-order valence-electron chi connectivity index (χ4n) is 2.63. The normalized spacial score (nSPS) is 12.2. The summed E-state index contributed by atoms with van der Waals surface area (Å²) < 4.78 is 38.9. The number of nitrogens with one attached hydrogen (secondary N) is 1. The van der Waals surface area contributed by atoms with Crippen molar-refractivity contribution < 1.29 is 23.0 Å². The second-order valence-electron chi connectivity index (χ2n) is 5.89. The van der Waals surface area contributed by atoms with E-state index in [0.717, 1.165) is 23.4 Å². The summed E-state index contributed by atoms with van der Waals surface area (Å²) in [4.78, 5) is 12.1. The summed E-state index contributed by atoms with van der Waals surface area (Å²) in [6.07, 6.45) is 0. The molecule has 0 atom stereocenters. The van der Waals surface area contributed by atoms with Gasteiger partial charge in [0.15, 0.2) is 22.5 Å². The van der Waals surface area contributed by atoms with Gasteiger partial charge in [0, 0.05) is 18.7 Å². The number of nitrogens with zero attached hydrogens (tertiary/aromatic N) is 3. The van der Waals surface area contributed by atoms with Gasteiger partial charge in [-0.2, -0.15) is 0 Å². The molecule has 1 N–H and O–H groups in total. The maximum Gasteiger partial charge on any atom is 0.234 e. The number of hydrogen-bond donors (Lipinski definition) is 1. The van der Waals surface area contributed by atoms with Gasteiger partial charge in [-0.05, 0) is 30.3 Å². The third kappa shape index (κ3) is 3.63. The van der Waals surface area contributed by atoms with Crippen molar-refractivity contribution in [1.29, 1.82) is 0 Å². The molecule has 28 heavy (non-hydrogen) atoms. The molecular weight excluding hydrogens is 390 g/mol. The van der Waals surface area contributed by atoms with E-state index in [9.17, 15) is 13.6 Å². The van der Waals surface area contributed by atoms with Gasteiger partial charge in [-0.25, -0.2) is 8.78 Å². The van der Waals surface area contributed by atoms with E-state index < -0.39 is 17.5 Å². The summed E-state index contributed by atoms with van der Waals surface area (Å²) >= 11 is 1.15. The summed E-state index contributed by atoms with van der Waals surface area (Å²) in [5, 5.41) is 11.2. The SMILES string of the molecule is Cn1c(SCC(=O)Nc2ccc(F)cc2F)nnc1-c1ccc2c(c1)OCO2. The van der Waals surface area contributed by atoms with Crippen LogP contribution in [0.5, 0.6) is 11.5 Å². The summed E-state index contributed by atoms with van der Waals surface area (Å²) in [5.74, 6) is -0.0825. The standard InChI is InChI=1S/C18H14F2N4O3S/c1-24-17(10-2-5-14-15(6-10)27-9-26-14)22-23-18(24)28-8-16(25)21-13-4-3-11(19)7-12(13)20/h2-7H,8-9H2,1H3,(H,21,25). The maximum absolute atomic E-state index is 13.6. The number of carbonyl (C=O) groups excluding carboxylic acids is 1. The van der Waals surface area contributed by atoms with Crippen LogP contribution in [0.15, 0.2) is 41.6 Å². The second kappa shape index (κ2) is 7.47. The highest BCUT2D eigenvalue weighted by Gasteiger charge is 2.18. The number of amides is 1. The topological polar surface area (TPSA) is 78.3 Å². The highest BCUT2D eigenvalue weighted by atomic mass is 32.2. The van der Waals surface area contributed by atoms with Crippen LogP contribution >= 0.6 is 11.8 Å². The molecule has 3 aromatic rings. The van der Waals surface area contributed by atoms with Crippen molar-refractivity contribution in [2.45, 2.75) is 5.16 Å². The Morgan fingerprint density at radius 2 is 2.00 bits per heavy atom. The predicted octanol–water partition coefficient (Wildman–Crippen LogP) is 3.22. The Kier molecular flexibility index (Phi) is 4.86. The molecule has 10 heteroatoms. The average Bonchev–Trinajstić information content (AvgIpc) is 3.28. The fourth-order valence-corrected chi connectivity index (χ4v) is 3.35. The van der Waals surface area contributed by atoms with Crippen molar-refractivity contribution in [2.75, 3.05) is 17.9 Å². The van der Waals surface area contributed by atoms with E-state index in [4.69, 9.17) is 9.47 Å². The third-order valence-corrected chi connectivity index (χ3v) is 5.02. The molecule has 1 aromatic heterocycles. The molecular formula is C18H14F2N4O3S. The molecule has 0 saturated carbocycles. The highest BCUT2D eigenvalue weighted by Crippen LogP contribution is 2.35. The van der Waals surface area contributed by atoms with Crippen LogP contribution in [0.4, 0.5) is 14.5 Å². The van der Waals surface area contributed by atoms with E-state index in [1.54, 1.807) is 17.7 Å². The van der Waals surface area contributed by atoms with Crippen LogP contribution in [0.2, 0.25) is 0 Å². The van der Waals surface area contributed by atoms with Crippen LogP contribution < -0.4 is 14.8 Å². The highest BCUT2D eigenvalue weighted by molar-refractivity contribution is 7.99. The monoisotopic (exact) mass is 404 g/mol. The molecule has 4 rings (SSSR count). The van der Waals surface area contributed by atoms with Gasteiger partial charge in [-0.15, -0.1) is 10.2 Å². The molecule has 1 aliphatic heterocycles. The van der Waals surface area contributed by atoms with E-state index in [1.807, 2.05) is 12.1 Å². The lowest BCUT2D eigenvalue weighted by atomic mass is 10.2. The molecule has 0 saturated heterocycles. The molecule has 1 amide bonds. The van der Waals surface area contributed by atoms with Gasteiger partial charge in [0.2, 0.25) is 12.7 Å². The van der Waals surface area contributed by atoms with Crippen LogP contribution in [-0.4, -0.2) is 33.2 Å². The first-order valence-corrected chi connectivity index (χ1v) is 9.17. The van der Waals surface area contributed by atoms with Crippen LogP contribution in [-0.2, 0) is 11.8 Å². The molecule has 2 aromatic carbocycles. The molecule has 144 valence electrons. The minimum Gasteiger partial charge on any atom is -0.454 e. The van der Waals surface area contributed by atoms with Gasteiger partial charge in [0.05, 0.1) is 11.4 Å². The Hall–Kier alpha value is -3.14. The van der Waals surface area contributed by atoms with Gasteiger partial charge < -0.3 is 19.4 Å². The van der Waals surface area contributed by atoms with E-state index in [0.29, 0.717) is 28.5 Å². The molecule has 0 radical (unpaired) electrons. The lowest BCUT2D eigenvalue weighted by Crippen LogP contribution is -2.15. The van der Waals surface area contributed by atoms with Gasteiger partial charge in [0.1, 0.15) is 11.6 Å². The lowest BCUT2D eigenvalue weighted by molar-refractivity contribution is -0.113. The Morgan fingerprint density at radius 3 is 2.82 bits per heavy atom. The first kappa shape index (κ1) is 18.2. The first-order valence-electron chi connectivity index (χ1n) is 8.18. The van der Waals surface area contributed by atoms with E-state index in [1.165, 1.54) is 6.07 Å². The Balaban J connectivity index is 1.42. The van der Waals surface area contributed by atoms with Crippen LogP contribution in [0.1, 0.15) is 0 Å². The minimum absolute atomic E-state index is 0.00999. The molecule has 0 spiro atoms. The van der Waals surface area contributed by atoms with Crippen molar-refractivity contribution in [1.82, 2.24) is 14.8 Å². The van der Waals surface area contributed by atoms with Gasteiger partial charge in [-0.3, -0.25) is 4.79 Å². The third-order valence-electron chi connectivity index (χ3n) is 4.00. The van der Waals surface area contributed by atoms with E-state index in [-0.39, 0.29) is 18.2 Å². The zero-order chi connectivity index (χ0) is 19.7. The molecule has 2 heterocycles. The van der Waals surface area contributed by atoms with E-state index in [2.05, 4.69) is 15.5 Å². The van der Waals surface area contributed by atoms with Crippen LogP contribution in [0, 0.1) is 11.6 Å². The summed E-state index contributed by atoms with van der Waals surface area (Å²) in [6, 6.07) is 8.41. The number of thioether (sulfide) groups is 1. The summed E-state index contributed by atoms with van der Waals surface area (Å²) in [6.45, 7) is 0.183. The number of ether oxygens (including phenoxy) is 2. The number of fused-ring (bicyclic) bond motifs is 1. The molecule has 7 nitrogen and oxygen atoms in total. The number of anilines is 1. The van der Waals surface area contributed by atoms with Gasteiger partial charge in [-0.1, -0.05) is 11.8 Å². The summed E-state index contributed by atoms with van der Waals surface area (Å²) in [5.41, 5.74) is 0.718. The molecule has 1 aliphatic rings. The molecule has 0 unspecified atom stereocenters. The Labute approximate surface area is 162 Å². The number of rotatable bonds is 5. The van der Waals surface area contributed by atoms with Gasteiger partial charge in [0.25, 0.3) is 0 Å². The number of hydrogen-bond acceptors (Lipinski definition) is 6. The Morgan fingerprint density at radius 1 is 1.18 bits per heavy atom. The van der Waals surface area contributed by atoms with Crippen LogP contribution in [0.3, 0.4) is 0 Å². The molecule has 0 bridgehead atoms. The van der Waals surface area contributed by atoms with Crippen molar-refractivity contribution in [3.05, 3.63) is 48.0 Å². The largest absolute Gasteiger partial charge is 0.454 e. The van der Waals surface area contributed by atoms with Gasteiger partial charge >= 0.3 is 0 Å². The van der Waals surface area contributed by atoms with Crippen molar-refractivity contribution in [3.8, 4) is 22.9 Å². The number of carbonyl (C=O) groups is 1. The lowest BCUT2D eigenvalue weighted by Gasteiger charge is -2.07. The van der Waals surface area contributed by atoms with Crippen molar-refractivity contribution >= 4 is 23.4 Å². The minimum atomic E-state index is -0.831. The average molecular weight is 404 g/mol. The van der Waals surface area contributed by atoms with Crippen molar-refractivity contribution in [2.24, 2.45) is 7.05 Å². The predicted molar refractivity (Wildman–Crippen MR) is 98.3 cm³/mol. The summed E-state index contributed by atoms with van der Waals surface area (Å²) in [7, 11) is 1.78. The molecule has 0 fully saturated rings. The zero-order valence-electron chi connectivity index (χ0n) is 14.6. The van der Waals surface area contributed by atoms with Crippen molar-refractivity contribution in [3.63, 3.8) is 0 Å². The Bertz CT molecular complexity index is 1060. The smallest absolute Gasteiger partial charge is 0.234 e. The van der Waals surface area contributed by atoms with Crippen LogP contribution in [0.25, 0.3) is 11.4 Å². The first-order chi connectivity index (χ1) is 13.5. The number of halogens is 2. The quantitative estimate of drug-likeness (QED) is 0.658. The van der Waals surface area contributed by atoms with E-state index >= 15 is 0 Å². The maximum atomic E-state index is 13.6. The zero-order valence-corrected chi connectivity index (χ0v) is 15.4. The number of aromatic nitrogens is 3. The molecule has 0 aliphatic carbocycles. The fraction of sp³-hybridized carbons (Fsp3) is 0.167. The number of benzene rings is 2.